The monoisotopic (exact) mass is 276 g/mol. The van der Waals surface area contributed by atoms with Gasteiger partial charge in [-0.25, -0.2) is 4.39 Å². The van der Waals surface area contributed by atoms with Crippen molar-refractivity contribution in [1.29, 1.82) is 0 Å². The summed E-state index contributed by atoms with van der Waals surface area (Å²) < 4.78 is 14.0. The molecule has 1 saturated heterocycles. The highest BCUT2D eigenvalue weighted by atomic mass is 19.1. The molecule has 3 nitrogen and oxygen atoms in total. The molecule has 4 heteroatoms. The van der Waals surface area contributed by atoms with Gasteiger partial charge in [0.05, 0.1) is 12.6 Å². The van der Waals surface area contributed by atoms with Crippen LogP contribution in [0.4, 0.5) is 4.39 Å². The Balaban J connectivity index is 2.00. The van der Waals surface area contributed by atoms with E-state index in [1.54, 1.807) is 6.07 Å². The van der Waals surface area contributed by atoms with E-state index in [1.807, 2.05) is 13.0 Å². The Labute approximate surface area is 119 Å². The summed E-state index contributed by atoms with van der Waals surface area (Å²) in [6, 6.07) is 5.06. The van der Waals surface area contributed by atoms with Gasteiger partial charge in [-0.15, -0.1) is 0 Å². The van der Waals surface area contributed by atoms with Gasteiger partial charge in [-0.2, -0.15) is 0 Å². The number of hydrogen-bond donors (Lipinski definition) is 2. The van der Waals surface area contributed by atoms with Gasteiger partial charge in [0, 0.05) is 24.2 Å². The number of hydrogen-bond acceptors (Lipinski definition) is 3. The summed E-state index contributed by atoms with van der Waals surface area (Å²) in [6.07, 6.45) is 0.679. The van der Waals surface area contributed by atoms with Gasteiger partial charge in [-0.3, -0.25) is 4.90 Å². The van der Waals surface area contributed by atoms with Crippen molar-refractivity contribution >= 4 is 0 Å². The van der Waals surface area contributed by atoms with Crippen molar-refractivity contribution in [2.45, 2.75) is 26.0 Å². The van der Waals surface area contributed by atoms with Crippen LogP contribution in [0.5, 0.6) is 0 Å². The van der Waals surface area contributed by atoms with E-state index < -0.39 is 0 Å². The van der Waals surface area contributed by atoms with Gasteiger partial charge in [0.15, 0.2) is 0 Å². The highest BCUT2D eigenvalue weighted by Crippen LogP contribution is 2.22. The Morgan fingerprint density at radius 3 is 2.95 bits per heavy atom. The predicted molar refractivity (Wildman–Crippen MR) is 77.4 cm³/mol. The maximum atomic E-state index is 14.0. The van der Waals surface area contributed by atoms with E-state index in [0.29, 0.717) is 23.6 Å². The fraction of sp³-hybridized carbons (Fsp3) is 0.500. The highest BCUT2D eigenvalue weighted by Gasteiger charge is 2.26. The second kappa shape index (κ2) is 6.85. The summed E-state index contributed by atoms with van der Waals surface area (Å²) in [7, 11) is 0. The molecule has 20 heavy (non-hydrogen) atoms. The Bertz CT molecular complexity index is 519. The van der Waals surface area contributed by atoms with Crippen molar-refractivity contribution in [2.75, 3.05) is 19.6 Å². The zero-order valence-corrected chi connectivity index (χ0v) is 11.8. The molecule has 2 atom stereocenters. The zero-order valence-electron chi connectivity index (χ0n) is 11.8. The van der Waals surface area contributed by atoms with Crippen LogP contribution >= 0.6 is 0 Å². The molecule has 3 N–H and O–H groups in total. The summed E-state index contributed by atoms with van der Waals surface area (Å²) >= 11 is 0. The van der Waals surface area contributed by atoms with Gasteiger partial charge in [0.2, 0.25) is 0 Å². The van der Waals surface area contributed by atoms with E-state index in [0.717, 1.165) is 19.5 Å². The van der Waals surface area contributed by atoms with E-state index in [1.165, 1.54) is 6.07 Å². The first-order chi connectivity index (χ1) is 9.60. The minimum absolute atomic E-state index is 0.227. The second-order valence-electron chi connectivity index (χ2n) is 5.34. The molecular weight excluding hydrogens is 255 g/mol. The van der Waals surface area contributed by atoms with E-state index in [2.05, 4.69) is 16.7 Å². The quantitative estimate of drug-likeness (QED) is 0.819. The van der Waals surface area contributed by atoms with E-state index in [9.17, 15) is 9.50 Å². The number of benzene rings is 1. The minimum Gasteiger partial charge on any atom is -0.393 e. The van der Waals surface area contributed by atoms with Crippen molar-refractivity contribution in [3.05, 3.63) is 35.1 Å². The molecule has 1 aliphatic rings. The first kappa shape index (κ1) is 15.0. The molecule has 0 radical (unpaired) electrons. The lowest BCUT2D eigenvalue weighted by Crippen LogP contribution is -2.24. The standard InChI is InChI=1S/C16H21FN2O/c1-12(20)14-6-8-19(10-14)11-15-5-4-13(3-2-7-18)9-16(15)17/h4-5,9,12,14,20H,6-8,10-11,18H2,1H3. The maximum Gasteiger partial charge on any atom is 0.128 e. The average Bonchev–Trinajstić information content (AvgIpc) is 2.88. The number of aliphatic hydroxyl groups is 1. The average molecular weight is 276 g/mol. The largest absolute Gasteiger partial charge is 0.393 e. The lowest BCUT2D eigenvalue weighted by atomic mass is 10.0. The molecule has 1 aromatic rings. The Morgan fingerprint density at radius 1 is 1.55 bits per heavy atom. The van der Waals surface area contributed by atoms with Crippen LogP contribution in [-0.4, -0.2) is 35.7 Å². The summed E-state index contributed by atoms with van der Waals surface area (Å²) in [6.45, 7) is 4.41. The third-order valence-electron chi connectivity index (χ3n) is 3.77. The molecule has 2 rings (SSSR count). The van der Waals surface area contributed by atoms with Crippen LogP contribution in [0, 0.1) is 23.6 Å². The molecule has 0 aliphatic carbocycles. The Kier molecular flexibility index (Phi) is 5.13. The third kappa shape index (κ3) is 3.80. The van der Waals surface area contributed by atoms with Gasteiger partial charge in [0.25, 0.3) is 0 Å². The number of rotatable bonds is 3. The zero-order chi connectivity index (χ0) is 14.5. The molecule has 0 bridgehead atoms. The molecule has 1 fully saturated rings. The number of nitrogens with zero attached hydrogens (tertiary/aromatic N) is 1. The van der Waals surface area contributed by atoms with Crippen molar-refractivity contribution in [3.63, 3.8) is 0 Å². The first-order valence-corrected chi connectivity index (χ1v) is 6.98. The second-order valence-corrected chi connectivity index (χ2v) is 5.34. The molecule has 0 aromatic heterocycles. The SMILES string of the molecule is CC(O)C1CCN(Cc2ccc(C#CCN)cc2F)C1. The summed E-state index contributed by atoms with van der Waals surface area (Å²) in [5.74, 6) is 5.61. The van der Waals surface area contributed by atoms with E-state index in [4.69, 9.17) is 5.73 Å². The van der Waals surface area contributed by atoms with Crippen molar-refractivity contribution in [3.8, 4) is 11.8 Å². The molecule has 1 heterocycles. The van der Waals surface area contributed by atoms with Gasteiger partial charge < -0.3 is 10.8 Å². The molecule has 2 unspecified atom stereocenters. The molecule has 0 saturated carbocycles. The Morgan fingerprint density at radius 2 is 2.35 bits per heavy atom. The Hall–Kier alpha value is -1.41. The maximum absolute atomic E-state index is 14.0. The molecular formula is C16H21FN2O. The minimum atomic E-state index is -0.293. The topological polar surface area (TPSA) is 49.5 Å². The van der Waals surface area contributed by atoms with E-state index in [-0.39, 0.29) is 18.5 Å². The van der Waals surface area contributed by atoms with Crippen LogP contribution in [0.25, 0.3) is 0 Å². The van der Waals surface area contributed by atoms with Crippen LogP contribution in [0.3, 0.4) is 0 Å². The van der Waals surface area contributed by atoms with Crippen LogP contribution in [0.2, 0.25) is 0 Å². The smallest absolute Gasteiger partial charge is 0.128 e. The summed E-state index contributed by atoms with van der Waals surface area (Å²) in [5, 5.41) is 9.58. The molecule has 1 aromatic carbocycles. The number of likely N-dealkylation sites (tertiary alicyclic amines) is 1. The van der Waals surface area contributed by atoms with Crippen molar-refractivity contribution < 1.29 is 9.50 Å². The van der Waals surface area contributed by atoms with Crippen molar-refractivity contribution in [1.82, 2.24) is 4.90 Å². The third-order valence-corrected chi connectivity index (χ3v) is 3.77. The summed E-state index contributed by atoms with van der Waals surface area (Å²) in [5.41, 5.74) is 6.62. The first-order valence-electron chi connectivity index (χ1n) is 6.98. The summed E-state index contributed by atoms with van der Waals surface area (Å²) in [4.78, 5) is 2.18. The molecule has 108 valence electrons. The van der Waals surface area contributed by atoms with Gasteiger partial charge in [-0.1, -0.05) is 17.9 Å². The number of halogens is 1. The van der Waals surface area contributed by atoms with Gasteiger partial charge >= 0.3 is 0 Å². The number of aliphatic hydroxyl groups excluding tert-OH is 1. The predicted octanol–water partition coefficient (Wildman–Crippen LogP) is 1.34. The fourth-order valence-corrected chi connectivity index (χ4v) is 2.55. The number of nitrogens with two attached hydrogens (primary N) is 1. The van der Waals surface area contributed by atoms with Gasteiger partial charge in [0.1, 0.15) is 5.82 Å². The van der Waals surface area contributed by atoms with E-state index >= 15 is 0 Å². The molecule has 0 amide bonds. The molecule has 1 aliphatic heterocycles. The molecule has 0 spiro atoms. The van der Waals surface area contributed by atoms with Crippen LogP contribution in [-0.2, 0) is 6.54 Å². The van der Waals surface area contributed by atoms with Gasteiger partial charge in [-0.05, 0) is 37.9 Å². The highest BCUT2D eigenvalue weighted by molar-refractivity contribution is 5.37. The van der Waals surface area contributed by atoms with Crippen LogP contribution in [0.15, 0.2) is 18.2 Å². The lowest BCUT2D eigenvalue weighted by Gasteiger charge is -2.17. The van der Waals surface area contributed by atoms with Crippen molar-refractivity contribution in [2.24, 2.45) is 11.7 Å². The van der Waals surface area contributed by atoms with Crippen LogP contribution in [0.1, 0.15) is 24.5 Å². The lowest BCUT2D eigenvalue weighted by molar-refractivity contribution is 0.127. The normalized spacial score (nSPS) is 20.5. The fourth-order valence-electron chi connectivity index (χ4n) is 2.55. The van der Waals surface area contributed by atoms with Crippen LogP contribution < -0.4 is 5.73 Å².